The first-order valence-electron chi connectivity index (χ1n) is 7.52. The molecule has 0 amide bonds. The van der Waals surface area contributed by atoms with Crippen LogP contribution in [0.1, 0.15) is 45.1 Å². The van der Waals surface area contributed by atoms with Gasteiger partial charge in [-0.2, -0.15) is 0 Å². The van der Waals surface area contributed by atoms with E-state index in [1.54, 1.807) is 24.3 Å². The van der Waals surface area contributed by atoms with E-state index in [1.807, 2.05) is 12.1 Å². The SMILES string of the molecule is CCCC(CCC)NS(=O)(=O)c1cccc(/C=C/CN)c1. The third-order valence-electron chi connectivity index (χ3n) is 3.21. The van der Waals surface area contributed by atoms with E-state index in [4.69, 9.17) is 5.73 Å². The molecule has 0 radical (unpaired) electrons. The Morgan fingerprint density at radius 2 is 1.90 bits per heavy atom. The van der Waals surface area contributed by atoms with Crippen LogP contribution in [0, 0.1) is 0 Å². The lowest BCUT2D eigenvalue weighted by Gasteiger charge is -2.17. The fourth-order valence-corrected chi connectivity index (χ4v) is 3.60. The monoisotopic (exact) mass is 310 g/mol. The number of sulfonamides is 1. The average Bonchev–Trinajstić information content (AvgIpc) is 2.45. The topological polar surface area (TPSA) is 72.2 Å². The maximum Gasteiger partial charge on any atom is 0.240 e. The van der Waals surface area contributed by atoms with Crippen molar-refractivity contribution in [3.63, 3.8) is 0 Å². The lowest BCUT2D eigenvalue weighted by atomic mass is 10.1. The maximum atomic E-state index is 12.5. The minimum absolute atomic E-state index is 0.00763. The molecule has 21 heavy (non-hydrogen) atoms. The quantitative estimate of drug-likeness (QED) is 0.736. The third kappa shape index (κ3) is 5.99. The van der Waals surface area contributed by atoms with Gasteiger partial charge in [0.25, 0.3) is 0 Å². The molecule has 1 rings (SSSR count). The number of benzene rings is 1. The van der Waals surface area contributed by atoms with Crippen molar-refractivity contribution in [1.29, 1.82) is 0 Å². The van der Waals surface area contributed by atoms with Gasteiger partial charge in [-0.1, -0.05) is 51.0 Å². The van der Waals surface area contributed by atoms with Gasteiger partial charge in [-0.15, -0.1) is 0 Å². The van der Waals surface area contributed by atoms with E-state index < -0.39 is 10.0 Å². The molecule has 4 nitrogen and oxygen atoms in total. The van der Waals surface area contributed by atoms with E-state index in [9.17, 15) is 8.42 Å². The normalized spacial score (nSPS) is 12.4. The molecule has 1 aromatic rings. The van der Waals surface area contributed by atoms with Crippen LogP contribution >= 0.6 is 0 Å². The van der Waals surface area contributed by atoms with Crippen LogP contribution in [0.15, 0.2) is 35.2 Å². The minimum atomic E-state index is -3.47. The highest BCUT2D eigenvalue weighted by atomic mass is 32.2. The van der Waals surface area contributed by atoms with Crippen molar-refractivity contribution < 1.29 is 8.42 Å². The van der Waals surface area contributed by atoms with Gasteiger partial charge in [0.15, 0.2) is 0 Å². The summed E-state index contributed by atoms with van der Waals surface area (Å²) in [5, 5.41) is 0. The van der Waals surface area contributed by atoms with Crippen LogP contribution in [-0.4, -0.2) is 21.0 Å². The number of hydrogen-bond acceptors (Lipinski definition) is 3. The van der Waals surface area contributed by atoms with Crippen molar-refractivity contribution in [2.24, 2.45) is 5.73 Å². The van der Waals surface area contributed by atoms with Gasteiger partial charge in [0.2, 0.25) is 10.0 Å². The van der Waals surface area contributed by atoms with Crippen molar-refractivity contribution in [1.82, 2.24) is 4.72 Å². The molecule has 0 unspecified atom stereocenters. The van der Waals surface area contributed by atoms with Crippen molar-refractivity contribution >= 4 is 16.1 Å². The molecule has 5 heteroatoms. The Labute approximate surface area is 128 Å². The zero-order valence-electron chi connectivity index (χ0n) is 12.9. The molecule has 0 aliphatic rings. The molecule has 1 aromatic carbocycles. The largest absolute Gasteiger partial charge is 0.327 e. The van der Waals surface area contributed by atoms with Crippen LogP contribution in [-0.2, 0) is 10.0 Å². The molecule has 0 atom stereocenters. The summed E-state index contributed by atoms with van der Waals surface area (Å²) in [6.07, 6.45) is 7.28. The molecular formula is C16H26N2O2S. The van der Waals surface area contributed by atoms with Crippen molar-refractivity contribution in [2.45, 2.75) is 50.5 Å². The average molecular weight is 310 g/mol. The fourth-order valence-electron chi connectivity index (χ4n) is 2.24. The summed E-state index contributed by atoms with van der Waals surface area (Å²) in [5.41, 5.74) is 6.25. The maximum absolute atomic E-state index is 12.5. The highest BCUT2D eigenvalue weighted by Crippen LogP contribution is 2.15. The summed E-state index contributed by atoms with van der Waals surface area (Å²) in [6, 6.07) is 6.91. The van der Waals surface area contributed by atoms with E-state index in [0.717, 1.165) is 31.2 Å². The van der Waals surface area contributed by atoms with E-state index in [1.165, 1.54) is 0 Å². The zero-order valence-corrected chi connectivity index (χ0v) is 13.7. The number of nitrogens with two attached hydrogens (primary N) is 1. The Bertz CT molecular complexity index is 547. The van der Waals surface area contributed by atoms with E-state index in [0.29, 0.717) is 11.4 Å². The summed E-state index contributed by atoms with van der Waals surface area (Å²) < 4.78 is 27.7. The first-order valence-corrected chi connectivity index (χ1v) is 9.00. The molecule has 118 valence electrons. The lowest BCUT2D eigenvalue weighted by molar-refractivity contribution is 0.494. The smallest absolute Gasteiger partial charge is 0.240 e. The molecule has 0 fully saturated rings. The van der Waals surface area contributed by atoms with Crippen molar-refractivity contribution in [3.05, 3.63) is 35.9 Å². The van der Waals surface area contributed by atoms with Gasteiger partial charge >= 0.3 is 0 Å². The van der Waals surface area contributed by atoms with Gasteiger partial charge in [-0.3, -0.25) is 0 Å². The predicted molar refractivity (Wildman–Crippen MR) is 88.5 cm³/mol. The Kier molecular flexibility index (Phi) is 7.64. The number of rotatable bonds is 9. The van der Waals surface area contributed by atoms with E-state index >= 15 is 0 Å². The van der Waals surface area contributed by atoms with Crippen LogP contribution in [0.4, 0.5) is 0 Å². The van der Waals surface area contributed by atoms with Crippen LogP contribution in [0.25, 0.3) is 6.08 Å². The van der Waals surface area contributed by atoms with Gasteiger partial charge in [0, 0.05) is 12.6 Å². The van der Waals surface area contributed by atoms with Crippen LogP contribution in [0.5, 0.6) is 0 Å². The van der Waals surface area contributed by atoms with Crippen LogP contribution in [0.3, 0.4) is 0 Å². The van der Waals surface area contributed by atoms with E-state index in [-0.39, 0.29) is 6.04 Å². The Hall–Kier alpha value is -1.17. The molecule has 0 bridgehead atoms. The molecule has 0 aliphatic carbocycles. The minimum Gasteiger partial charge on any atom is -0.327 e. The van der Waals surface area contributed by atoms with Crippen molar-refractivity contribution in [2.75, 3.05) is 6.54 Å². The number of hydrogen-bond donors (Lipinski definition) is 2. The van der Waals surface area contributed by atoms with Gasteiger partial charge in [0.05, 0.1) is 4.90 Å². The molecule has 0 heterocycles. The number of nitrogens with one attached hydrogen (secondary N) is 1. The van der Waals surface area contributed by atoms with Gasteiger partial charge in [-0.25, -0.2) is 13.1 Å². The van der Waals surface area contributed by atoms with Crippen LogP contribution in [0.2, 0.25) is 0 Å². The highest BCUT2D eigenvalue weighted by molar-refractivity contribution is 7.89. The van der Waals surface area contributed by atoms with Gasteiger partial charge < -0.3 is 5.73 Å². The molecule has 3 N–H and O–H groups in total. The zero-order chi connectivity index (χ0) is 15.7. The Morgan fingerprint density at radius 3 is 2.48 bits per heavy atom. The summed E-state index contributed by atoms with van der Waals surface area (Å²) >= 11 is 0. The van der Waals surface area contributed by atoms with Gasteiger partial charge in [0.1, 0.15) is 0 Å². The summed E-state index contributed by atoms with van der Waals surface area (Å²) in [7, 11) is -3.47. The summed E-state index contributed by atoms with van der Waals surface area (Å²) in [5.74, 6) is 0. The second kappa shape index (κ2) is 8.97. The molecular weight excluding hydrogens is 284 g/mol. The first kappa shape index (κ1) is 17.9. The van der Waals surface area contributed by atoms with Crippen molar-refractivity contribution in [3.8, 4) is 0 Å². The molecule has 0 aromatic heterocycles. The lowest BCUT2D eigenvalue weighted by Crippen LogP contribution is -2.34. The predicted octanol–water partition coefficient (Wildman–Crippen LogP) is 2.91. The fraction of sp³-hybridized carbons (Fsp3) is 0.500. The molecule has 0 saturated heterocycles. The van der Waals surface area contributed by atoms with Gasteiger partial charge in [-0.05, 0) is 30.5 Å². The summed E-state index contributed by atoms with van der Waals surface area (Å²) in [4.78, 5) is 0.305. The van der Waals surface area contributed by atoms with Crippen LogP contribution < -0.4 is 10.5 Å². The molecule has 0 saturated carbocycles. The molecule has 0 spiro atoms. The third-order valence-corrected chi connectivity index (χ3v) is 4.73. The first-order chi connectivity index (χ1) is 10.0. The second-order valence-electron chi connectivity index (χ2n) is 5.11. The summed E-state index contributed by atoms with van der Waals surface area (Å²) in [6.45, 7) is 4.56. The standard InChI is InChI=1S/C16H26N2O2S/c1-3-7-15(8-4-2)18-21(19,20)16-11-5-9-14(13-16)10-6-12-17/h5-6,9-11,13,15,18H,3-4,7-8,12,17H2,1-2H3/b10-6+. The molecule has 0 aliphatic heterocycles. The second-order valence-corrected chi connectivity index (χ2v) is 6.82. The Balaban J connectivity index is 2.93. The Morgan fingerprint density at radius 1 is 1.24 bits per heavy atom. The highest BCUT2D eigenvalue weighted by Gasteiger charge is 2.19. The van der Waals surface area contributed by atoms with E-state index in [2.05, 4.69) is 18.6 Å².